The summed E-state index contributed by atoms with van der Waals surface area (Å²) in [7, 11) is 0. The van der Waals surface area contributed by atoms with Gasteiger partial charge in [-0.05, 0) is 52.6 Å². The third kappa shape index (κ3) is 5.20. The van der Waals surface area contributed by atoms with E-state index in [-0.39, 0.29) is 11.2 Å². The minimum Gasteiger partial charge on any atom is -0.318 e. The van der Waals surface area contributed by atoms with Crippen LogP contribution in [-0.2, 0) is 32.5 Å². The molecule has 1 fully saturated rings. The molecule has 0 unspecified atom stereocenters. The van der Waals surface area contributed by atoms with Crippen LogP contribution in [0.1, 0.15) is 36.7 Å². The zero-order chi connectivity index (χ0) is 29.3. The van der Waals surface area contributed by atoms with Crippen molar-refractivity contribution in [3.63, 3.8) is 0 Å². The van der Waals surface area contributed by atoms with Crippen LogP contribution in [0.15, 0.2) is 88.5 Å². The first-order valence-electron chi connectivity index (χ1n) is 14.8. The van der Waals surface area contributed by atoms with Crippen LogP contribution in [0.25, 0.3) is 33.7 Å². The number of rotatable bonds is 10. The van der Waals surface area contributed by atoms with Gasteiger partial charge in [-0.3, -0.25) is 13.9 Å². The van der Waals surface area contributed by atoms with Crippen LogP contribution in [0.3, 0.4) is 0 Å². The van der Waals surface area contributed by atoms with E-state index in [4.69, 9.17) is 4.98 Å². The Labute approximate surface area is 247 Å². The Bertz CT molecular complexity index is 2000. The van der Waals surface area contributed by atoms with E-state index in [9.17, 15) is 9.59 Å². The molecular formula is C33H32N8O2. The molecule has 216 valence electrons. The van der Waals surface area contributed by atoms with Gasteiger partial charge < -0.3 is 4.57 Å². The van der Waals surface area contributed by atoms with Crippen molar-refractivity contribution in [2.45, 2.75) is 52.2 Å². The lowest BCUT2D eigenvalue weighted by Crippen LogP contribution is -2.41. The largest absolute Gasteiger partial charge is 0.332 e. The normalized spacial score (nSPS) is 13.1. The maximum absolute atomic E-state index is 13.9. The van der Waals surface area contributed by atoms with Crippen LogP contribution < -0.4 is 11.2 Å². The second-order valence-electron chi connectivity index (χ2n) is 11.1. The van der Waals surface area contributed by atoms with Crippen molar-refractivity contribution in [1.82, 2.24) is 39.3 Å². The lowest BCUT2D eigenvalue weighted by Gasteiger charge is -2.13. The average Bonchev–Trinajstić information content (AvgIpc) is 3.55. The van der Waals surface area contributed by atoms with Crippen LogP contribution >= 0.6 is 0 Å². The molecule has 0 radical (unpaired) electrons. The quantitative estimate of drug-likeness (QED) is 0.259. The van der Waals surface area contributed by atoms with E-state index in [2.05, 4.69) is 57.0 Å². The molecule has 10 nitrogen and oxygen atoms in total. The number of nitrogens with zero attached hydrogens (tertiary/aromatic N) is 7. The summed E-state index contributed by atoms with van der Waals surface area (Å²) in [5, 5.41) is 14.5. The van der Waals surface area contributed by atoms with Gasteiger partial charge in [0.05, 0.1) is 0 Å². The van der Waals surface area contributed by atoms with Crippen molar-refractivity contribution < 1.29 is 0 Å². The predicted octanol–water partition coefficient (Wildman–Crippen LogP) is 4.47. The molecule has 0 spiro atoms. The summed E-state index contributed by atoms with van der Waals surface area (Å²) in [6.45, 7) is 3.42. The Morgan fingerprint density at radius 1 is 0.837 bits per heavy atom. The molecule has 3 aromatic heterocycles. The molecule has 10 heteroatoms. The maximum atomic E-state index is 13.9. The SMILES string of the molecule is CCc1nc2c(c(=O)n(CC3CC3)c(=O)n2CCc2ccccc2)n1Cc1ccc(-c2ccccc2-c2nn[nH]n2)cc1. The number of aromatic amines is 1. The second kappa shape index (κ2) is 11.3. The van der Waals surface area contributed by atoms with Crippen LogP contribution in [0.2, 0.25) is 0 Å². The van der Waals surface area contributed by atoms with E-state index >= 15 is 0 Å². The molecule has 1 aliphatic carbocycles. The van der Waals surface area contributed by atoms with E-state index in [1.807, 2.05) is 54.0 Å². The molecule has 0 aliphatic heterocycles. The summed E-state index contributed by atoms with van der Waals surface area (Å²) < 4.78 is 5.15. The Morgan fingerprint density at radius 3 is 2.28 bits per heavy atom. The third-order valence-electron chi connectivity index (χ3n) is 8.23. The van der Waals surface area contributed by atoms with Gasteiger partial charge in [-0.25, -0.2) is 9.78 Å². The second-order valence-corrected chi connectivity index (χ2v) is 11.1. The number of H-pyrrole nitrogens is 1. The summed E-state index contributed by atoms with van der Waals surface area (Å²) in [5.41, 5.74) is 5.54. The summed E-state index contributed by atoms with van der Waals surface area (Å²) in [4.78, 5) is 32.5. The summed E-state index contributed by atoms with van der Waals surface area (Å²) in [5.74, 6) is 1.71. The van der Waals surface area contributed by atoms with Crippen molar-refractivity contribution in [3.05, 3.63) is 117 Å². The van der Waals surface area contributed by atoms with Gasteiger partial charge in [0, 0.05) is 31.6 Å². The Hall–Kier alpha value is -5.12. The van der Waals surface area contributed by atoms with E-state index in [1.165, 1.54) is 4.57 Å². The van der Waals surface area contributed by atoms with Crippen LogP contribution in [-0.4, -0.2) is 39.3 Å². The highest BCUT2D eigenvalue weighted by Crippen LogP contribution is 2.31. The Morgan fingerprint density at radius 2 is 1.58 bits per heavy atom. The number of imidazole rings is 1. The number of tetrazole rings is 1. The topological polar surface area (TPSA) is 116 Å². The average molecular weight is 573 g/mol. The number of nitrogens with one attached hydrogen (secondary N) is 1. The predicted molar refractivity (Wildman–Crippen MR) is 165 cm³/mol. The lowest BCUT2D eigenvalue weighted by molar-refractivity contribution is 0.534. The van der Waals surface area contributed by atoms with Crippen LogP contribution in [0.4, 0.5) is 0 Å². The molecule has 3 aromatic carbocycles. The van der Waals surface area contributed by atoms with Gasteiger partial charge in [-0.1, -0.05) is 85.8 Å². The number of fused-ring (bicyclic) bond motifs is 1. The van der Waals surface area contributed by atoms with Gasteiger partial charge >= 0.3 is 5.69 Å². The van der Waals surface area contributed by atoms with Crippen molar-refractivity contribution in [1.29, 1.82) is 0 Å². The van der Waals surface area contributed by atoms with Gasteiger partial charge in [-0.2, -0.15) is 5.21 Å². The van der Waals surface area contributed by atoms with Crippen LogP contribution in [0.5, 0.6) is 0 Å². The summed E-state index contributed by atoms with van der Waals surface area (Å²) in [6.07, 6.45) is 3.42. The zero-order valence-corrected chi connectivity index (χ0v) is 24.0. The lowest BCUT2D eigenvalue weighted by atomic mass is 9.98. The van der Waals surface area contributed by atoms with Gasteiger partial charge in [0.15, 0.2) is 11.2 Å². The monoisotopic (exact) mass is 572 g/mol. The Balaban J connectivity index is 1.28. The van der Waals surface area contributed by atoms with E-state index < -0.39 is 0 Å². The highest BCUT2D eigenvalue weighted by molar-refractivity contribution is 5.80. The molecule has 0 bridgehead atoms. The van der Waals surface area contributed by atoms with Gasteiger partial charge in [0.25, 0.3) is 5.56 Å². The van der Waals surface area contributed by atoms with Crippen molar-refractivity contribution in [2.75, 3.05) is 0 Å². The van der Waals surface area contributed by atoms with Gasteiger partial charge in [0.1, 0.15) is 5.82 Å². The molecule has 1 aliphatic rings. The smallest absolute Gasteiger partial charge is 0.318 e. The molecule has 43 heavy (non-hydrogen) atoms. The molecular weight excluding hydrogens is 540 g/mol. The minimum absolute atomic E-state index is 0.249. The molecule has 0 atom stereocenters. The standard InChI is InChI=1S/C33H32N8O2/c1-2-28-34-31-29(32(42)41(21-23-12-13-23)33(43)39(31)19-18-22-8-4-3-5-9-22)40(28)20-24-14-16-25(17-15-24)26-10-6-7-11-27(26)30-35-37-38-36-30/h3-11,14-17,23H,2,12-13,18-21H2,1H3,(H,35,36,37,38). The highest BCUT2D eigenvalue weighted by Gasteiger charge is 2.27. The minimum atomic E-state index is -0.266. The summed E-state index contributed by atoms with van der Waals surface area (Å²) >= 11 is 0. The first-order valence-corrected chi connectivity index (χ1v) is 14.8. The van der Waals surface area contributed by atoms with E-state index in [0.29, 0.717) is 55.4 Å². The fourth-order valence-electron chi connectivity index (χ4n) is 5.76. The van der Waals surface area contributed by atoms with Crippen molar-refractivity contribution in [3.8, 4) is 22.5 Å². The molecule has 1 saturated carbocycles. The first kappa shape index (κ1) is 26.8. The summed E-state index contributed by atoms with van der Waals surface area (Å²) in [6, 6.07) is 26.3. The number of hydrogen-bond donors (Lipinski definition) is 1. The molecule has 1 N–H and O–H groups in total. The maximum Gasteiger partial charge on any atom is 0.332 e. The zero-order valence-electron chi connectivity index (χ0n) is 24.0. The molecule has 0 saturated heterocycles. The van der Waals surface area contributed by atoms with E-state index in [1.54, 1.807) is 4.57 Å². The first-order chi connectivity index (χ1) is 21.1. The van der Waals surface area contributed by atoms with Gasteiger partial charge in [0.2, 0.25) is 5.82 Å². The highest BCUT2D eigenvalue weighted by atomic mass is 16.2. The molecule has 7 rings (SSSR count). The molecule has 6 aromatic rings. The van der Waals surface area contributed by atoms with Crippen molar-refractivity contribution in [2.24, 2.45) is 5.92 Å². The third-order valence-corrected chi connectivity index (χ3v) is 8.23. The molecule has 0 amide bonds. The Kier molecular flexibility index (Phi) is 7.02. The number of benzene rings is 3. The van der Waals surface area contributed by atoms with Gasteiger partial charge in [-0.15, -0.1) is 10.2 Å². The number of aryl methyl sites for hydroxylation is 3. The molecule has 3 heterocycles. The van der Waals surface area contributed by atoms with E-state index in [0.717, 1.165) is 46.5 Å². The van der Waals surface area contributed by atoms with Crippen LogP contribution in [0, 0.1) is 5.92 Å². The van der Waals surface area contributed by atoms with Crippen molar-refractivity contribution >= 4 is 11.2 Å². The number of aromatic nitrogens is 8. The fourth-order valence-corrected chi connectivity index (χ4v) is 5.76. The fraction of sp³-hybridized carbons (Fsp3) is 0.273. The number of hydrogen-bond acceptors (Lipinski definition) is 6.